The smallest absolute Gasteiger partial charge is 0.394 e. The van der Waals surface area contributed by atoms with Gasteiger partial charge in [0.25, 0.3) is 0 Å². The lowest BCUT2D eigenvalue weighted by molar-refractivity contribution is -0.270. The maximum atomic E-state index is 13.8. The third kappa shape index (κ3) is 45.1. The van der Waals surface area contributed by atoms with Crippen molar-refractivity contribution in [2.75, 3.05) is 174 Å². The van der Waals surface area contributed by atoms with Crippen molar-refractivity contribution < 1.29 is 179 Å². The lowest BCUT2D eigenvalue weighted by Crippen LogP contribution is -2.64. The lowest BCUT2D eigenvalue weighted by atomic mass is 9.92. The Kier molecular flexibility index (Phi) is 58.4. The van der Waals surface area contributed by atoms with Gasteiger partial charge in [-0.05, 0) is 77.6 Å². The van der Waals surface area contributed by atoms with Crippen LogP contribution in [-0.4, -0.2) is 328 Å². The number of nitrogens with one attached hydrogen (secondary N) is 3. The van der Waals surface area contributed by atoms with Crippen LogP contribution in [0, 0.1) is 5.41 Å². The van der Waals surface area contributed by atoms with Crippen LogP contribution in [0.1, 0.15) is 111 Å². The Balaban J connectivity index is 2.24. The molecule has 0 spiro atoms. The maximum absolute atomic E-state index is 13.8. The van der Waals surface area contributed by atoms with Gasteiger partial charge in [0.05, 0.1) is 139 Å². The second-order valence-corrected chi connectivity index (χ2v) is 39.4. The van der Waals surface area contributed by atoms with Crippen LogP contribution in [0.4, 0.5) is 0 Å². The van der Waals surface area contributed by atoms with Gasteiger partial charge >= 0.3 is 27.2 Å². The van der Waals surface area contributed by atoms with Crippen LogP contribution in [0.5, 0.6) is 0 Å². The molecule has 18 atom stereocenters. The summed E-state index contributed by atoms with van der Waals surface area (Å²) in [6, 6.07) is -3.31. The van der Waals surface area contributed by atoms with E-state index in [1.165, 1.54) is 56.1 Å². The molecule has 2 rings (SSSR count). The van der Waals surface area contributed by atoms with Crippen molar-refractivity contribution in [3.8, 4) is 0 Å². The molecule has 2 heterocycles. The summed E-state index contributed by atoms with van der Waals surface area (Å²) >= 11 is 1.84. The van der Waals surface area contributed by atoms with Gasteiger partial charge in [-0.25, -0.2) is 18.3 Å². The number of aliphatic hydroxyl groups is 9. The summed E-state index contributed by atoms with van der Waals surface area (Å²) in [6.07, 6.45) is -9.50. The molecule has 110 heavy (non-hydrogen) atoms. The Labute approximate surface area is 659 Å². The van der Waals surface area contributed by atoms with Gasteiger partial charge < -0.3 is 131 Å². The van der Waals surface area contributed by atoms with Gasteiger partial charge in [0.1, 0.15) is 108 Å². The minimum Gasteiger partial charge on any atom is -0.394 e. The van der Waals surface area contributed by atoms with Crippen LogP contribution in [0.25, 0.3) is 0 Å². The van der Waals surface area contributed by atoms with Crippen molar-refractivity contribution in [2.45, 2.75) is 197 Å². The lowest BCUT2D eigenvalue weighted by Gasteiger charge is -2.42. The second-order valence-electron chi connectivity index (χ2n) is 24.8. The normalized spacial score (nSPS) is 24.2. The molecule has 0 aromatic heterocycles. The highest BCUT2D eigenvalue weighted by molar-refractivity contribution is 8.53. The van der Waals surface area contributed by atoms with Gasteiger partial charge in [-0.3, -0.25) is 46.0 Å². The van der Waals surface area contributed by atoms with Crippen LogP contribution < -0.4 is 16.0 Å². The van der Waals surface area contributed by atoms with Crippen molar-refractivity contribution in [3.63, 3.8) is 0 Å². The van der Waals surface area contributed by atoms with Gasteiger partial charge in [-0.1, -0.05) is 12.8 Å². The Hall–Kier alpha value is -0.510. The van der Waals surface area contributed by atoms with E-state index in [4.69, 9.17) is 91.6 Å². The first-order chi connectivity index (χ1) is 52.5. The number of unbranched alkanes of at least 4 members (excludes halogenated alkanes) is 6. The molecule has 2 aliphatic heterocycles. The molecule has 0 bridgehead atoms. The Morgan fingerprint density at radius 2 is 0.782 bits per heavy atom. The standard InChI is InChI=1S/C61H121N3O38P4S4/c1-44(69)49(37-66)100-58(48(36-65)62-45(2)70)90-26-13-16-30-94-104(79,108-83-6)97-33-19-23-87-41-61(40-86-22-11-9-10-12-29-93-103(77,78)107-82-5,42-88-24-20-34-98-105(80,109-84-7)95-31-17-14-27-91-59-52(63-46(3)71)56(75)54(73)50(38-67)101-59)43-89-25-21-35-99-106(81,110-85-8)96-32-18-15-28-92-60-53(64-47(4)72)57(76)55(74)51(39-68)102-60/h44,48-60,65-69,73-76H,9-43H2,1-8H3,(H,62,70)(H,63,71)(H,64,72)(H,77,78)/t44-,48+,49?,50?,51?,52?,53?,54?,55?,56?,57?,58?,59?,60?,61?,104?,105?,106?/m1/s1. The highest BCUT2D eigenvalue weighted by Crippen LogP contribution is 2.63. The van der Waals surface area contributed by atoms with Crippen LogP contribution in [0.15, 0.2) is 0 Å². The molecule has 41 nitrogen and oxygen atoms in total. The summed E-state index contributed by atoms with van der Waals surface area (Å²) in [4.78, 5) is 45.4. The van der Waals surface area contributed by atoms with E-state index in [2.05, 4.69) is 20.1 Å². The highest BCUT2D eigenvalue weighted by Gasteiger charge is 2.47. The summed E-state index contributed by atoms with van der Waals surface area (Å²) in [5, 5.41) is 98.4. The fourth-order valence-electron chi connectivity index (χ4n) is 10.0. The summed E-state index contributed by atoms with van der Waals surface area (Å²) in [5.41, 5.74) is -1.06. The molecule has 2 aliphatic rings. The maximum Gasteiger partial charge on any atom is 0.415 e. The van der Waals surface area contributed by atoms with E-state index in [0.717, 1.165) is 0 Å². The quantitative estimate of drug-likeness (QED) is 0.0180. The average Bonchev–Trinajstić information content (AvgIpc) is 0.811. The molecule has 2 fully saturated rings. The first kappa shape index (κ1) is 106. The molecule has 0 saturated carbocycles. The summed E-state index contributed by atoms with van der Waals surface area (Å²) in [5.74, 6) is -1.51. The van der Waals surface area contributed by atoms with E-state index >= 15 is 0 Å². The van der Waals surface area contributed by atoms with E-state index in [1.54, 1.807) is 0 Å². The molecule has 49 heteroatoms. The van der Waals surface area contributed by atoms with Gasteiger partial charge in [-0.15, -0.1) is 0 Å². The highest BCUT2D eigenvalue weighted by atomic mass is 32.8. The third-order valence-electron chi connectivity index (χ3n) is 15.4. The summed E-state index contributed by atoms with van der Waals surface area (Å²) < 4.78 is 172. The zero-order valence-electron chi connectivity index (χ0n) is 63.7. The fraction of sp³-hybridized carbons (Fsp3) is 0.951. The van der Waals surface area contributed by atoms with Crippen LogP contribution in [0.3, 0.4) is 0 Å². The molecular weight excluding hydrogens is 1630 g/mol. The minimum atomic E-state index is -3.97. The number of carbonyl (C=O) groups is 3. The SMILES string of the molecule is COSP(=O)(O)OCCCCCCOCC(COCCCOP(=O)(OCCCCOC1OC(CO)C(O)C(O)C1NC(C)=O)SOC)(COCCCOP(=O)(OCCCCOC1OC(CO)C(O)C(O)C1NC(C)=O)SOC)COCCCOP(=O)(OCCCCOC(OC(CO)[C@@H](C)O)[C@H](CO)NC(C)=O)SOC. The number of aliphatic hydroxyl groups excluding tert-OH is 9. The summed E-state index contributed by atoms with van der Waals surface area (Å²) in [7, 11) is 5.12. The Bertz CT molecular complexity index is 2530. The number of hydrogen-bond acceptors (Lipinski definition) is 41. The van der Waals surface area contributed by atoms with Crippen LogP contribution in [0.2, 0.25) is 0 Å². The third-order valence-corrected chi connectivity index (χ3v) is 26.5. The number of carbonyl (C=O) groups excluding carboxylic acids is 3. The molecule has 0 aromatic carbocycles. The van der Waals surface area contributed by atoms with Crippen molar-refractivity contribution in [3.05, 3.63) is 0 Å². The van der Waals surface area contributed by atoms with Gasteiger partial charge in [0, 0.05) is 67.0 Å². The van der Waals surface area contributed by atoms with Crippen molar-refractivity contribution in [1.82, 2.24) is 16.0 Å². The molecule has 16 unspecified atom stereocenters. The molecule has 2 saturated heterocycles. The number of rotatable bonds is 71. The van der Waals surface area contributed by atoms with Gasteiger partial charge in [-0.2, -0.15) is 0 Å². The van der Waals surface area contributed by atoms with Gasteiger partial charge in [0.2, 0.25) is 17.7 Å². The first-order valence-corrected chi connectivity index (χ1v) is 47.4. The minimum absolute atomic E-state index is 0.00136. The Morgan fingerprint density at radius 3 is 1.12 bits per heavy atom. The zero-order valence-corrected chi connectivity index (χ0v) is 70.5. The van der Waals surface area contributed by atoms with Crippen molar-refractivity contribution >= 4 is 91.6 Å². The molecule has 3 amide bonds. The largest absolute Gasteiger partial charge is 0.415 e. The fourth-order valence-corrected chi connectivity index (χ4v) is 18.5. The van der Waals surface area contributed by atoms with E-state index in [1.807, 2.05) is 0 Å². The second kappa shape index (κ2) is 60.9. The molecule has 652 valence electrons. The predicted molar refractivity (Wildman–Crippen MR) is 399 cm³/mol. The number of amides is 3. The van der Waals surface area contributed by atoms with E-state index in [0.29, 0.717) is 91.6 Å². The average molecular weight is 1760 g/mol. The van der Waals surface area contributed by atoms with Crippen LogP contribution in [-0.2, 0) is 128 Å². The molecule has 0 aromatic rings. The van der Waals surface area contributed by atoms with Gasteiger partial charge in [0.15, 0.2) is 18.9 Å². The first-order valence-electron chi connectivity index (χ1n) is 35.8. The molecule has 0 aliphatic carbocycles. The molecular formula is C61H121N3O38P4S4. The van der Waals surface area contributed by atoms with Crippen LogP contribution >= 0.6 is 73.8 Å². The van der Waals surface area contributed by atoms with E-state index in [-0.39, 0.29) is 157 Å². The topological polar surface area (TPSA) is 552 Å². The predicted octanol–water partition coefficient (Wildman–Crippen LogP) is 3.35. The number of ether oxygens (including phenoxy) is 10. The summed E-state index contributed by atoms with van der Waals surface area (Å²) in [6.45, 7) is -13.4. The van der Waals surface area contributed by atoms with E-state index in [9.17, 15) is 83.5 Å². The molecule has 13 N–H and O–H groups in total. The monoisotopic (exact) mass is 1760 g/mol. The zero-order chi connectivity index (χ0) is 81.9. The number of hydrogen-bond donors (Lipinski definition) is 13. The van der Waals surface area contributed by atoms with Crippen molar-refractivity contribution in [1.29, 1.82) is 0 Å². The molecule has 0 radical (unpaired) electrons. The van der Waals surface area contributed by atoms with Crippen molar-refractivity contribution in [2.24, 2.45) is 5.41 Å². The van der Waals surface area contributed by atoms with E-state index < -0.39 is 163 Å². The Morgan fingerprint density at radius 1 is 0.445 bits per heavy atom.